The van der Waals surface area contributed by atoms with Gasteiger partial charge in [0.05, 0.1) is 18.1 Å². The number of hydrogen-bond acceptors (Lipinski definition) is 6. The minimum absolute atomic E-state index is 0.202. The van der Waals surface area contributed by atoms with Gasteiger partial charge in [-0.1, -0.05) is 30.4 Å². The van der Waals surface area contributed by atoms with Crippen molar-refractivity contribution in [2.75, 3.05) is 0 Å². The largest absolute Gasteiger partial charge is 0.461 e. The highest BCUT2D eigenvalue weighted by atomic mass is 16.6. The minimum atomic E-state index is -1.97. The van der Waals surface area contributed by atoms with Crippen molar-refractivity contribution < 1.29 is 29.0 Å². The monoisotopic (exact) mass is 384 g/mol. The third-order valence-electron chi connectivity index (χ3n) is 4.19. The van der Waals surface area contributed by atoms with Crippen molar-refractivity contribution in [3.05, 3.63) is 71.3 Å². The maximum absolute atomic E-state index is 13.0. The first-order valence-electron chi connectivity index (χ1n) is 8.96. The molecule has 0 fully saturated rings. The number of ketones is 2. The smallest absolute Gasteiger partial charge is 0.309 e. The molecule has 1 aliphatic heterocycles. The summed E-state index contributed by atoms with van der Waals surface area (Å²) < 4.78 is 10.8. The molecule has 2 atom stereocenters. The van der Waals surface area contributed by atoms with Crippen LogP contribution in [0.3, 0.4) is 0 Å². The van der Waals surface area contributed by atoms with E-state index >= 15 is 0 Å². The fraction of sp³-hybridized carbons (Fsp3) is 0.318. The van der Waals surface area contributed by atoms with Crippen LogP contribution in [-0.4, -0.2) is 34.3 Å². The van der Waals surface area contributed by atoms with Crippen LogP contribution in [0.25, 0.3) is 0 Å². The normalized spacial score (nSPS) is 23.8. The molecule has 28 heavy (non-hydrogen) atoms. The Morgan fingerprint density at radius 2 is 1.93 bits per heavy atom. The Balaban J connectivity index is 2.31. The van der Waals surface area contributed by atoms with E-state index in [0.29, 0.717) is 17.1 Å². The van der Waals surface area contributed by atoms with Crippen LogP contribution in [0.4, 0.5) is 0 Å². The molecule has 2 rings (SSSR count). The van der Waals surface area contributed by atoms with E-state index in [9.17, 15) is 19.5 Å². The molecule has 6 nitrogen and oxygen atoms in total. The molecule has 0 saturated heterocycles. The summed E-state index contributed by atoms with van der Waals surface area (Å²) in [5.74, 6) is -1.29. The average molecular weight is 384 g/mol. The molecule has 0 bridgehead atoms. The molecule has 0 aromatic heterocycles. The first-order chi connectivity index (χ1) is 13.2. The number of Topliss-reactive ketones (excluding diaryl/α,β-unsaturated/α-hetero) is 1. The van der Waals surface area contributed by atoms with E-state index < -0.39 is 29.2 Å². The number of rotatable bonds is 6. The summed E-state index contributed by atoms with van der Waals surface area (Å²) in [5.41, 5.74) is -1.35. The highest BCUT2D eigenvalue weighted by molar-refractivity contribution is 6.26. The van der Waals surface area contributed by atoms with Gasteiger partial charge in [-0.2, -0.15) is 0 Å². The van der Waals surface area contributed by atoms with Crippen LogP contribution >= 0.6 is 0 Å². The van der Waals surface area contributed by atoms with Crippen LogP contribution in [0.1, 0.15) is 34.1 Å². The van der Waals surface area contributed by atoms with Crippen LogP contribution in [0.15, 0.2) is 71.3 Å². The van der Waals surface area contributed by atoms with E-state index in [1.165, 1.54) is 19.9 Å². The summed E-state index contributed by atoms with van der Waals surface area (Å²) in [5, 5.41) is 9.31. The summed E-state index contributed by atoms with van der Waals surface area (Å²) in [6, 6.07) is 0. The Hall–Kier alpha value is -2.99. The Morgan fingerprint density at radius 3 is 2.57 bits per heavy atom. The predicted molar refractivity (Wildman–Crippen MR) is 104 cm³/mol. The maximum atomic E-state index is 13.0. The first-order valence-corrected chi connectivity index (χ1v) is 8.96. The Kier molecular flexibility index (Phi) is 6.70. The molecule has 0 spiro atoms. The van der Waals surface area contributed by atoms with Gasteiger partial charge in [0, 0.05) is 0 Å². The van der Waals surface area contributed by atoms with Crippen molar-refractivity contribution in [2.45, 2.75) is 45.8 Å². The minimum Gasteiger partial charge on any atom is -0.461 e. The predicted octanol–water partition coefficient (Wildman–Crippen LogP) is 3.01. The molecular formula is C22H24O6. The van der Waals surface area contributed by atoms with Gasteiger partial charge in [0.2, 0.25) is 17.2 Å². The number of carbonyl (C=O) groups excluding carboxylic acids is 3. The van der Waals surface area contributed by atoms with Crippen LogP contribution in [0, 0.1) is 0 Å². The first kappa shape index (κ1) is 21.3. The summed E-state index contributed by atoms with van der Waals surface area (Å²) in [7, 11) is 0. The fourth-order valence-corrected chi connectivity index (χ4v) is 2.80. The van der Waals surface area contributed by atoms with Gasteiger partial charge in [-0.25, -0.2) is 0 Å². The summed E-state index contributed by atoms with van der Waals surface area (Å²) >= 11 is 0. The van der Waals surface area contributed by atoms with Gasteiger partial charge in [-0.15, -0.1) is 0 Å². The molecule has 2 aliphatic rings. The molecule has 1 N–H and O–H groups in total. The van der Waals surface area contributed by atoms with E-state index in [1.807, 2.05) is 31.2 Å². The van der Waals surface area contributed by atoms with Crippen molar-refractivity contribution in [2.24, 2.45) is 0 Å². The molecular weight excluding hydrogens is 360 g/mol. The van der Waals surface area contributed by atoms with Crippen molar-refractivity contribution in [3.63, 3.8) is 0 Å². The van der Waals surface area contributed by atoms with Gasteiger partial charge in [0.25, 0.3) is 0 Å². The van der Waals surface area contributed by atoms with Crippen molar-refractivity contribution in [1.82, 2.24) is 0 Å². The van der Waals surface area contributed by atoms with Gasteiger partial charge >= 0.3 is 5.97 Å². The van der Waals surface area contributed by atoms with E-state index in [1.54, 1.807) is 25.2 Å². The van der Waals surface area contributed by atoms with Gasteiger partial charge in [0.1, 0.15) is 11.5 Å². The van der Waals surface area contributed by atoms with Crippen LogP contribution in [-0.2, 0) is 23.9 Å². The topological polar surface area (TPSA) is 89.9 Å². The van der Waals surface area contributed by atoms with Crippen molar-refractivity contribution in [1.29, 1.82) is 0 Å². The molecule has 0 amide bonds. The number of allylic oxidation sites excluding steroid dienone is 9. The lowest BCUT2D eigenvalue weighted by Gasteiger charge is -2.32. The maximum Gasteiger partial charge on any atom is 0.309 e. The van der Waals surface area contributed by atoms with Gasteiger partial charge in [-0.05, 0) is 51.5 Å². The molecule has 2 unspecified atom stereocenters. The number of hydrogen-bond donors (Lipinski definition) is 1. The van der Waals surface area contributed by atoms with Crippen LogP contribution in [0.5, 0.6) is 0 Å². The molecule has 0 radical (unpaired) electrons. The highest BCUT2D eigenvalue weighted by Gasteiger charge is 2.50. The Morgan fingerprint density at radius 1 is 1.25 bits per heavy atom. The van der Waals surface area contributed by atoms with Crippen molar-refractivity contribution in [3.8, 4) is 0 Å². The number of ether oxygens (including phenoxy) is 2. The lowest BCUT2D eigenvalue weighted by Crippen LogP contribution is -2.51. The van der Waals surface area contributed by atoms with E-state index in [2.05, 4.69) is 0 Å². The second kappa shape index (κ2) is 8.80. The summed E-state index contributed by atoms with van der Waals surface area (Å²) in [6.45, 7) is 6.21. The van der Waals surface area contributed by atoms with E-state index in [-0.39, 0.29) is 12.0 Å². The van der Waals surface area contributed by atoms with E-state index in [0.717, 1.165) is 0 Å². The Labute approximate surface area is 164 Å². The lowest BCUT2D eigenvalue weighted by molar-refractivity contribution is -0.170. The molecule has 1 aliphatic carbocycles. The summed E-state index contributed by atoms with van der Waals surface area (Å²) in [6.07, 6.45) is 12.6. The van der Waals surface area contributed by atoms with Gasteiger partial charge < -0.3 is 14.6 Å². The highest BCUT2D eigenvalue weighted by Crippen LogP contribution is 2.36. The quantitative estimate of drug-likeness (QED) is 0.430. The number of carbonyl (C=O) groups is 3. The second-order valence-corrected chi connectivity index (χ2v) is 6.70. The zero-order valence-electron chi connectivity index (χ0n) is 16.4. The zero-order valence-corrected chi connectivity index (χ0v) is 16.4. The number of esters is 1. The summed E-state index contributed by atoms with van der Waals surface area (Å²) in [4.78, 5) is 37.5. The Bertz CT molecular complexity index is 863. The number of fused-ring (bicyclic) bond motifs is 1. The second-order valence-electron chi connectivity index (χ2n) is 6.70. The molecule has 6 heteroatoms. The molecule has 0 saturated carbocycles. The number of aliphatic hydroxyl groups excluding tert-OH is 1. The lowest BCUT2D eigenvalue weighted by atomic mass is 9.79. The molecule has 0 aromatic rings. The molecule has 1 heterocycles. The average Bonchev–Trinajstić information content (AvgIpc) is 2.58. The van der Waals surface area contributed by atoms with Gasteiger partial charge in [-0.3, -0.25) is 14.4 Å². The van der Waals surface area contributed by atoms with Crippen molar-refractivity contribution >= 4 is 17.5 Å². The number of aliphatic hydroxyl groups is 1. The SMILES string of the molecule is C/C=C/C=C/C=C/C1=CC2=CC(=O)C(C)(OC(=O)CC(C)O)C(=O)C2=C(C)O1. The van der Waals surface area contributed by atoms with Crippen LogP contribution in [0.2, 0.25) is 0 Å². The zero-order chi connectivity index (χ0) is 20.9. The van der Waals surface area contributed by atoms with E-state index in [4.69, 9.17) is 9.47 Å². The third kappa shape index (κ3) is 4.64. The fourth-order valence-electron chi connectivity index (χ4n) is 2.80. The molecule has 0 aromatic carbocycles. The molecule has 148 valence electrons. The van der Waals surface area contributed by atoms with Gasteiger partial charge in [0.15, 0.2) is 0 Å². The standard InChI is InChI=1S/C22H24O6/c1-5-6-7-8-9-10-17-12-16-13-18(24)22(4,28-19(25)11-14(2)23)21(26)20(16)15(3)27-17/h5-10,12-14,23H,11H2,1-4H3/b6-5+,8-7+,10-9+. The van der Waals surface area contributed by atoms with Crippen LogP contribution < -0.4 is 0 Å². The third-order valence-corrected chi connectivity index (χ3v) is 4.19.